The van der Waals surface area contributed by atoms with Crippen LogP contribution in [-0.2, 0) is 4.79 Å². The standard InChI is InChI=1S/C23H29N3O4S/c1-6-25(7-2)12-13-26-19(16-10-8-9-11-17(16)30-5)18(21(28)23(26)29)20(27)22-14(3)24-15(4)31-22/h8-11,19,28H,6-7,12-13H2,1-5H3. The molecule has 0 radical (unpaired) electrons. The average molecular weight is 444 g/mol. The van der Waals surface area contributed by atoms with Crippen molar-refractivity contribution in [3.63, 3.8) is 0 Å². The highest BCUT2D eigenvalue weighted by Gasteiger charge is 2.41. The zero-order chi connectivity index (χ0) is 22.7. The van der Waals surface area contributed by atoms with Crippen LogP contribution in [0.3, 0.4) is 0 Å². The van der Waals surface area contributed by atoms with E-state index in [1.54, 1.807) is 20.1 Å². The number of rotatable bonds is 9. The van der Waals surface area contributed by atoms with Crippen molar-refractivity contribution in [1.29, 1.82) is 0 Å². The molecule has 0 saturated carbocycles. The number of benzene rings is 1. The Hall–Kier alpha value is -2.71. The highest BCUT2D eigenvalue weighted by Crippen LogP contribution is 2.42. The smallest absolute Gasteiger partial charge is 0.240 e. The number of ether oxygens (including phenoxy) is 1. The fourth-order valence-corrected chi connectivity index (χ4v) is 4.94. The van der Waals surface area contributed by atoms with Crippen LogP contribution in [0.25, 0.3) is 0 Å². The van der Waals surface area contributed by atoms with E-state index in [-0.39, 0.29) is 5.57 Å². The minimum atomic E-state index is -0.777. The molecule has 1 aromatic carbocycles. The van der Waals surface area contributed by atoms with Gasteiger partial charge in [0.1, 0.15) is 5.75 Å². The number of carbonyl (C=O) groups excluding carboxylic acids is 2. The van der Waals surface area contributed by atoms with E-state index in [4.69, 9.17) is 4.74 Å². The van der Waals surface area contributed by atoms with Gasteiger partial charge in [-0.25, -0.2) is 4.98 Å². The Morgan fingerprint density at radius 2 is 1.94 bits per heavy atom. The van der Waals surface area contributed by atoms with Gasteiger partial charge in [0.15, 0.2) is 0 Å². The molecule has 1 aromatic heterocycles. The van der Waals surface area contributed by atoms with Crippen molar-refractivity contribution in [1.82, 2.24) is 9.88 Å². The first-order chi connectivity index (χ1) is 14.8. The van der Waals surface area contributed by atoms with Crippen LogP contribution in [0.2, 0.25) is 0 Å². The van der Waals surface area contributed by atoms with E-state index >= 15 is 0 Å². The van der Waals surface area contributed by atoms with Crippen molar-refractivity contribution in [3.8, 4) is 5.75 Å². The molecule has 1 amide bonds. The maximum atomic E-state index is 13.5. The van der Waals surface area contributed by atoms with E-state index in [0.717, 1.165) is 18.1 Å². The van der Waals surface area contributed by atoms with E-state index in [1.165, 1.54) is 21.1 Å². The number of nitrogens with zero attached hydrogens (tertiary/aromatic N) is 2. The molecule has 0 aliphatic carbocycles. The molecular weight excluding hydrogens is 414 g/mol. The van der Waals surface area contributed by atoms with Gasteiger partial charge < -0.3 is 19.6 Å². The fourth-order valence-electron chi connectivity index (χ4n) is 4.06. The molecule has 3 rings (SSSR count). The molecule has 7 nitrogen and oxygen atoms in total. The Bertz CT molecular complexity index is 1010. The van der Waals surface area contributed by atoms with Gasteiger partial charge in [0.05, 0.1) is 54.9 Å². The molecule has 1 unspecified atom stereocenters. The Balaban J connectivity index is 2.09. The first kappa shape index (κ1) is 23.0. The van der Waals surface area contributed by atoms with Crippen LogP contribution >= 0.6 is 11.3 Å². The summed E-state index contributed by atoms with van der Waals surface area (Å²) in [5.74, 6) is -1.25. The number of aromatic nitrogens is 1. The van der Waals surface area contributed by atoms with Gasteiger partial charge in [-0.15, -0.1) is 11.3 Å². The summed E-state index contributed by atoms with van der Waals surface area (Å²) in [6.45, 7) is 10.6. The summed E-state index contributed by atoms with van der Waals surface area (Å²) < 4.78 is 5.52. The summed E-state index contributed by atoms with van der Waals surface area (Å²) in [6, 6.07) is 6.46. The zero-order valence-corrected chi connectivity index (χ0v) is 19.5. The second kappa shape index (κ2) is 9.62. The van der Waals surface area contributed by atoms with Gasteiger partial charge >= 0.3 is 0 Å². The van der Waals surface area contributed by atoms with Crippen molar-refractivity contribution in [2.75, 3.05) is 33.3 Å². The predicted molar refractivity (Wildman–Crippen MR) is 117 cm³/mol. The van der Waals surface area contributed by atoms with Crippen LogP contribution in [0.5, 0.6) is 5.75 Å². The second-order valence-electron chi connectivity index (χ2n) is 7.57. The number of hydrogen-bond acceptors (Lipinski definition) is 6. The molecule has 1 aliphatic rings. The van der Waals surface area contributed by atoms with Gasteiger partial charge in [-0.1, -0.05) is 18.2 Å². The molecule has 1 N–H and O–H groups in total. The van der Waals surface area contributed by atoms with Gasteiger partial charge in [-0.05, 0) is 39.5 Å². The number of aryl methyl sites for hydroxylation is 2. The van der Waals surface area contributed by atoms with Crippen molar-refractivity contribution in [3.05, 3.63) is 56.7 Å². The van der Waals surface area contributed by atoms with Gasteiger partial charge in [0.2, 0.25) is 11.7 Å². The molecule has 2 heterocycles. The number of amides is 1. The maximum absolute atomic E-state index is 13.5. The predicted octanol–water partition coefficient (Wildman–Crippen LogP) is 1.07. The fraction of sp³-hybridized carbons (Fsp3) is 0.435. The number of para-hydroxylation sites is 1. The third-order valence-corrected chi connectivity index (χ3v) is 6.85. The molecule has 0 bridgehead atoms. The van der Waals surface area contributed by atoms with Crippen molar-refractivity contribution in [2.45, 2.75) is 33.7 Å². The number of carbonyl (C=O) groups is 2. The molecule has 31 heavy (non-hydrogen) atoms. The average Bonchev–Trinajstić information content (AvgIpc) is 3.24. The topological polar surface area (TPSA) is 87.0 Å². The Labute approximate surface area is 187 Å². The zero-order valence-electron chi connectivity index (χ0n) is 18.7. The van der Waals surface area contributed by atoms with Gasteiger partial charge in [-0.2, -0.15) is 0 Å². The first-order valence-corrected chi connectivity index (χ1v) is 11.3. The molecule has 1 atom stereocenters. The third-order valence-electron chi connectivity index (χ3n) is 5.78. The van der Waals surface area contributed by atoms with Crippen LogP contribution < -0.4 is 14.7 Å². The lowest BCUT2D eigenvalue weighted by Crippen LogP contribution is -3.12. The molecule has 0 spiro atoms. The number of nitrogens with one attached hydrogen (secondary N) is 1. The summed E-state index contributed by atoms with van der Waals surface area (Å²) in [6.07, 6.45) is 0. The van der Waals surface area contributed by atoms with Gasteiger partial charge in [0.25, 0.3) is 0 Å². The van der Waals surface area contributed by atoms with Crippen LogP contribution in [0.1, 0.15) is 45.8 Å². The number of likely N-dealkylation sites (N-methyl/N-ethyl adjacent to an activating group) is 1. The molecule has 1 aliphatic heterocycles. The first-order valence-electron chi connectivity index (χ1n) is 10.5. The lowest BCUT2D eigenvalue weighted by Gasteiger charge is -2.29. The number of quaternary nitrogens is 1. The number of methoxy groups -OCH3 is 1. The van der Waals surface area contributed by atoms with E-state index in [2.05, 4.69) is 18.8 Å². The summed E-state index contributed by atoms with van der Waals surface area (Å²) >= 11 is 1.25. The molecule has 0 saturated heterocycles. The van der Waals surface area contributed by atoms with Crippen LogP contribution in [0, 0.1) is 13.8 Å². The van der Waals surface area contributed by atoms with E-state index < -0.39 is 23.5 Å². The summed E-state index contributed by atoms with van der Waals surface area (Å²) in [5, 5.41) is 13.8. The largest absolute Gasteiger partial charge is 0.868 e. The Morgan fingerprint density at radius 1 is 1.26 bits per heavy atom. The van der Waals surface area contributed by atoms with E-state index in [1.807, 2.05) is 25.1 Å². The van der Waals surface area contributed by atoms with Gasteiger partial charge in [-0.3, -0.25) is 9.59 Å². The quantitative estimate of drug-likeness (QED) is 0.586. The normalized spacial score (nSPS) is 16.5. The SMILES string of the molecule is CC[NH+](CC)CCN1C(=O)C([O-])=C(C(=O)c2sc(C)nc2C)C1c1ccccc1OC. The highest BCUT2D eigenvalue weighted by atomic mass is 32.1. The summed E-state index contributed by atoms with van der Waals surface area (Å²) in [5.41, 5.74) is 1.20. The van der Waals surface area contributed by atoms with Crippen molar-refractivity contribution >= 4 is 23.0 Å². The van der Waals surface area contributed by atoms with Crippen LogP contribution in [0.4, 0.5) is 0 Å². The lowest BCUT2D eigenvalue weighted by molar-refractivity contribution is -0.895. The molecule has 166 valence electrons. The molecule has 0 fully saturated rings. The van der Waals surface area contributed by atoms with E-state index in [0.29, 0.717) is 35.0 Å². The maximum Gasteiger partial charge on any atom is 0.240 e. The van der Waals surface area contributed by atoms with Crippen molar-refractivity contribution in [2.24, 2.45) is 0 Å². The number of thiazole rings is 1. The molecule has 2 aromatic rings. The van der Waals surface area contributed by atoms with Crippen LogP contribution in [-0.4, -0.2) is 54.9 Å². The lowest BCUT2D eigenvalue weighted by atomic mass is 9.94. The Morgan fingerprint density at radius 3 is 2.52 bits per heavy atom. The van der Waals surface area contributed by atoms with Crippen LogP contribution in [0.15, 0.2) is 35.6 Å². The number of hydrogen-bond donors (Lipinski definition) is 1. The second-order valence-corrected chi connectivity index (χ2v) is 8.77. The molecular formula is C23H29N3O4S. The minimum Gasteiger partial charge on any atom is -0.868 e. The van der Waals surface area contributed by atoms with Gasteiger partial charge in [0, 0.05) is 11.1 Å². The monoisotopic (exact) mass is 443 g/mol. The number of ketones is 1. The summed E-state index contributed by atoms with van der Waals surface area (Å²) in [7, 11) is 1.54. The minimum absolute atomic E-state index is 0.0178. The Kier molecular flexibility index (Phi) is 7.12. The third kappa shape index (κ3) is 4.36. The highest BCUT2D eigenvalue weighted by molar-refractivity contribution is 7.14. The van der Waals surface area contributed by atoms with Crippen molar-refractivity contribution < 1.29 is 24.3 Å². The number of Topliss-reactive ketones (excluding diaryl/α,β-unsaturated/α-hetero) is 1. The molecule has 8 heteroatoms. The van der Waals surface area contributed by atoms with E-state index in [9.17, 15) is 14.7 Å². The summed E-state index contributed by atoms with van der Waals surface area (Å²) in [4.78, 5) is 34.1.